The van der Waals surface area contributed by atoms with Crippen molar-refractivity contribution >= 4 is 37.6 Å². The molecule has 0 amide bonds. The van der Waals surface area contributed by atoms with Gasteiger partial charge in [0.25, 0.3) is 0 Å². The van der Waals surface area contributed by atoms with E-state index in [9.17, 15) is 4.79 Å². The molecule has 0 aromatic rings. The van der Waals surface area contributed by atoms with E-state index in [1.165, 1.54) is 56.5 Å². The molecule has 0 radical (unpaired) electrons. The fourth-order valence-electron chi connectivity index (χ4n) is 8.72. The van der Waals surface area contributed by atoms with Gasteiger partial charge in [-0.1, -0.05) is 25.5 Å². The molecule has 1 saturated heterocycles. The van der Waals surface area contributed by atoms with E-state index in [1.807, 2.05) is 6.92 Å². The van der Waals surface area contributed by atoms with E-state index in [1.54, 1.807) is 5.57 Å². The number of fused-ring (bicyclic) bond motifs is 5. The summed E-state index contributed by atoms with van der Waals surface area (Å²) in [5.74, 6) is 5.16. The Hall–Kier alpha value is 0.287. The molecular weight excluding hydrogens is 437 g/mol. The lowest BCUT2D eigenvalue weighted by Crippen LogP contribution is -2.60. The average molecular weight is 480 g/mol. The van der Waals surface area contributed by atoms with Crippen LogP contribution in [0.3, 0.4) is 0 Å². The summed E-state index contributed by atoms with van der Waals surface area (Å²) in [6.45, 7) is 13.7. The summed E-state index contributed by atoms with van der Waals surface area (Å²) in [6, 6.07) is 0. The molecular formula is C26H42O2S2Si. The second-order valence-electron chi connectivity index (χ2n) is 12.6. The lowest BCUT2D eigenvalue weighted by molar-refractivity contribution is -0.155. The van der Waals surface area contributed by atoms with Gasteiger partial charge >= 0.3 is 0 Å². The summed E-state index contributed by atoms with van der Waals surface area (Å²) in [4.78, 5) is 13.2. The number of hydrogen-bond donors (Lipinski definition) is 0. The molecule has 6 atom stereocenters. The van der Waals surface area contributed by atoms with E-state index in [0.29, 0.717) is 21.2 Å². The maximum atomic E-state index is 13.2. The van der Waals surface area contributed by atoms with Gasteiger partial charge in [0.05, 0.1) is 4.08 Å². The Bertz CT molecular complexity index is 798. The van der Waals surface area contributed by atoms with Gasteiger partial charge in [0.1, 0.15) is 5.60 Å². The summed E-state index contributed by atoms with van der Waals surface area (Å²) in [5, 5.41) is 0. The SMILES string of the molecule is C[C@]12CCC3(C=C1CC[C@@H]1[C@@H]2CC[C@@]2(C)[C@H]1CC[C@]2(O[Si](C)(C)C)C([13CH3])=O)SCCS3. The molecule has 1 heterocycles. The highest BCUT2D eigenvalue weighted by atomic mass is 32.2. The fraction of sp³-hybridized carbons (Fsp3) is 0.885. The number of rotatable bonds is 3. The first kappa shape index (κ1) is 23.0. The van der Waals surface area contributed by atoms with E-state index in [-0.39, 0.29) is 5.41 Å². The molecule has 4 aliphatic carbocycles. The molecule has 0 aromatic heterocycles. The molecule has 5 rings (SSSR count). The molecule has 1 spiro atoms. The van der Waals surface area contributed by atoms with Crippen molar-refractivity contribution in [3.05, 3.63) is 11.6 Å². The van der Waals surface area contributed by atoms with Crippen LogP contribution in [0.1, 0.15) is 72.1 Å². The van der Waals surface area contributed by atoms with Crippen LogP contribution in [0.15, 0.2) is 11.6 Å². The Morgan fingerprint density at radius 2 is 1.68 bits per heavy atom. The zero-order chi connectivity index (χ0) is 22.3. The Morgan fingerprint density at radius 3 is 2.32 bits per heavy atom. The van der Waals surface area contributed by atoms with Gasteiger partial charge in [-0.2, -0.15) is 0 Å². The van der Waals surface area contributed by atoms with Crippen LogP contribution in [-0.2, 0) is 9.22 Å². The molecule has 1 aliphatic heterocycles. The van der Waals surface area contributed by atoms with Crippen LogP contribution in [-0.4, -0.2) is 35.3 Å². The lowest BCUT2D eigenvalue weighted by atomic mass is 9.46. The number of Topliss-reactive ketones (excluding diaryl/α,β-unsaturated/α-hetero) is 1. The summed E-state index contributed by atoms with van der Waals surface area (Å²) >= 11 is 4.42. The highest BCUT2D eigenvalue weighted by molar-refractivity contribution is 8.21. The number of allylic oxidation sites excluding steroid dienone is 1. The van der Waals surface area contributed by atoms with Gasteiger partial charge in [0.2, 0.25) is 0 Å². The van der Waals surface area contributed by atoms with Crippen molar-refractivity contribution in [3.8, 4) is 0 Å². The van der Waals surface area contributed by atoms with Gasteiger partial charge in [-0.3, -0.25) is 4.79 Å². The molecule has 174 valence electrons. The van der Waals surface area contributed by atoms with E-state index in [4.69, 9.17) is 4.43 Å². The minimum Gasteiger partial charge on any atom is -0.405 e. The Morgan fingerprint density at radius 1 is 1.00 bits per heavy atom. The van der Waals surface area contributed by atoms with Gasteiger partial charge in [-0.15, -0.1) is 23.5 Å². The van der Waals surface area contributed by atoms with Crippen LogP contribution in [0.4, 0.5) is 0 Å². The van der Waals surface area contributed by atoms with E-state index < -0.39 is 13.9 Å². The summed E-state index contributed by atoms with van der Waals surface area (Å²) in [5.41, 5.74) is 1.67. The van der Waals surface area contributed by atoms with Crippen LogP contribution in [0.25, 0.3) is 0 Å². The van der Waals surface area contributed by atoms with Crippen molar-refractivity contribution in [3.63, 3.8) is 0 Å². The van der Waals surface area contributed by atoms with Crippen molar-refractivity contribution in [1.82, 2.24) is 0 Å². The zero-order valence-corrected chi connectivity index (χ0v) is 23.1. The third-order valence-electron chi connectivity index (χ3n) is 10.1. The number of carbonyl (C=O) groups excluding carboxylic acids is 1. The van der Waals surface area contributed by atoms with Gasteiger partial charge in [0.15, 0.2) is 14.1 Å². The molecule has 0 aromatic carbocycles. The maximum Gasteiger partial charge on any atom is 0.185 e. The molecule has 0 unspecified atom stereocenters. The molecule has 5 heteroatoms. The van der Waals surface area contributed by atoms with Crippen LogP contribution in [0.2, 0.25) is 19.6 Å². The van der Waals surface area contributed by atoms with Crippen molar-refractivity contribution in [2.75, 3.05) is 11.5 Å². The maximum absolute atomic E-state index is 13.2. The second kappa shape index (κ2) is 7.39. The summed E-state index contributed by atoms with van der Waals surface area (Å²) < 4.78 is 7.26. The molecule has 0 N–H and O–H groups in total. The minimum absolute atomic E-state index is 0.0188. The lowest BCUT2D eigenvalue weighted by Gasteiger charge is -2.60. The van der Waals surface area contributed by atoms with E-state index in [2.05, 4.69) is 63.1 Å². The molecule has 5 aliphatic rings. The van der Waals surface area contributed by atoms with Crippen LogP contribution < -0.4 is 0 Å². The quantitative estimate of drug-likeness (QED) is 0.241. The van der Waals surface area contributed by atoms with Crippen molar-refractivity contribution in [2.45, 2.75) is 101 Å². The van der Waals surface area contributed by atoms with E-state index in [0.717, 1.165) is 18.3 Å². The molecule has 31 heavy (non-hydrogen) atoms. The molecule has 2 nitrogen and oxygen atoms in total. The second-order valence-corrected chi connectivity index (χ2v) is 20.1. The summed E-state index contributed by atoms with van der Waals surface area (Å²) in [7, 11) is -1.82. The first-order valence-corrected chi connectivity index (χ1v) is 18.0. The highest BCUT2D eigenvalue weighted by Crippen LogP contribution is 2.70. The topological polar surface area (TPSA) is 26.3 Å². The van der Waals surface area contributed by atoms with Gasteiger partial charge < -0.3 is 4.43 Å². The van der Waals surface area contributed by atoms with Gasteiger partial charge in [0, 0.05) is 16.9 Å². The normalized spacial score (nSPS) is 46.3. The standard InChI is InChI=1S/C26H42O2S2Si/c1-18(27)26(28-31(4,5)6)12-10-22-20-8-7-19-17-25(29-15-16-30-25)14-13-23(19,2)21(20)9-11-24(22,26)3/h17,20-22H,7-16H2,1-6H3/t20-,21+,22+,23+,24+,26+/m1/s1/i1+1. The Labute approximate surface area is 199 Å². The smallest absolute Gasteiger partial charge is 0.185 e. The van der Waals surface area contributed by atoms with Crippen LogP contribution in [0.5, 0.6) is 0 Å². The third kappa shape index (κ3) is 3.33. The molecule has 3 saturated carbocycles. The molecule has 4 fully saturated rings. The fourth-order valence-corrected chi connectivity index (χ4v) is 13.4. The molecule has 0 bridgehead atoms. The van der Waals surface area contributed by atoms with E-state index >= 15 is 0 Å². The number of hydrogen-bond acceptors (Lipinski definition) is 4. The van der Waals surface area contributed by atoms with Crippen molar-refractivity contribution in [1.29, 1.82) is 0 Å². The van der Waals surface area contributed by atoms with Gasteiger partial charge in [-0.05, 0) is 101 Å². The first-order valence-electron chi connectivity index (χ1n) is 12.7. The zero-order valence-electron chi connectivity index (χ0n) is 20.5. The first-order chi connectivity index (χ1) is 14.4. The van der Waals surface area contributed by atoms with Crippen LogP contribution >= 0.6 is 23.5 Å². The predicted octanol–water partition coefficient (Wildman–Crippen LogP) is 7.30. The predicted molar refractivity (Wildman–Crippen MR) is 137 cm³/mol. The highest BCUT2D eigenvalue weighted by Gasteiger charge is 2.67. The summed E-state index contributed by atoms with van der Waals surface area (Å²) in [6.07, 6.45) is 12.7. The van der Waals surface area contributed by atoms with Crippen molar-refractivity contribution in [2.24, 2.45) is 28.6 Å². The van der Waals surface area contributed by atoms with Gasteiger partial charge in [-0.25, -0.2) is 0 Å². The van der Waals surface area contributed by atoms with Crippen LogP contribution in [0, 0.1) is 28.6 Å². The number of ketones is 1. The minimum atomic E-state index is -1.82. The Kier molecular flexibility index (Phi) is 5.49. The monoisotopic (exact) mass is 479 g/mol. The largest absolute Gasteiger partial charge is 0.405 e. The van der Waals surface area contributed by atoms with Crippen molar-refractivity contribution < 1.29 is 9.22 Å². The average Bonchev–Trinajstić information content (AvgIpc) is 3.25. The Balaban J connectivity index is 1.46. The third-order valence-corrected chi connectivity index (χ3v) is 14.4. The number of thioether (sulfide) groups is 2. The number of carbonyl (C=O) groups is 1.